The topological polar surface area (TPSA) is 118 Å². The van der Waals surface area contributed by atoms with E-state index in [1.54, 1.807) is 0 Å². The van der Waals surface area contributed by atoms with Gasteiger partial charge in [-0.3, -0.25) is 10.1 Å². The lowest BCUT2D eigenvalue weighted by Crippen LogP contribution is -2.04. The van der Waals surface area contributed by atoms with Crippen LogP contribution in [-0.4, -0.2) is 27.1 Å². The molecule has 2 aromatic carbocycles. The third-order valence-corrected chi connectivity index (χ3v) is 2.89. The highest BCUT2D eigenvalue weighted by molar-refractivity contribution is 6.02. The first-order valence-electron chi connectivity index (χ1n) is 5.76. The van der Waals surface area contributed by atoms with E-state index in [4.69, 9.17) is 10.2 Å². The number of aromatic carboxylic acids is 2. The Morgan fingerprint density at radius 3 is 2.05 bits per heavy atom. The van der Waals surface area contributed by atoms with E-state index in [9.17, 15) is 19.7 Å². The normalized spacial score (nSPS) is 10.1. The molecule has 0 aliphatic rings. The molecule has 0 aromatic heterocycles. The van der Waals surface area contributed by atoms with Crippen molar-refractivity contribution >= 4 is 17.6 Å². The molecule has 2 rings (SSSR count). The first-order chi connectivity index (χ1) is 9.91. The predicted octanol–water partition coefficient (Wildman–Crippen LogP) is 2.66. The van der Waals surface area contributed by atoms with E-state index in [1.807, 2.05) is 0 Å². The SMILES string of the molecule is O=C(O)c1ccccc1-c1cc([N+](=O)[O-])ccc1C(=O)O. The lowest BCUT2D eigenvalue weighted by molar-refractivity contribution is -0.384. The van der Waals surface area contributed by atoms with Gasteiger partial charge < -0.3 is 10.2 Å². The molecule has 7 nitrogen and oxygen atoms in total. The van der Waals surface area contributed by atoms with Crippen molar-refractivity contribution in [3.63, 3.8) is 0 Å². The van der Waals surface area contributed by atoms with Crippen LogP contribution >= 0.6 is 0 Å². The summed E-state index contributed by atoms with van der Waals surface area (Å²) < 4.78 is 0. The van der Waals surface area contributed by atoms with Crippen LogP contribution in [0.2, 0.25) is 0 Å². The fourth-order valence-corrected chi connectivity index (χ4v) is 1.96. The van der Waals surface area contributed by atoms with Gasteiger partial charge in [-0.1, -0.05) is 18.2 Å². The average Bonchev–Trinajstić information content (AvgIpc) is 2.46. The maximum absolute atomic E-state index is 11.2. The minimum Gasteiger partial charge on any atom is -0.478 e. The first-order valence-corrected chi connectivity index (χ1v) is 5.76. The van der Waals surface area contributed by atoms with E-state index in [0.29, 0.717) is 0 Å². The van der Waals surface area contributed by atoms with Crippen molar-refractivity contribution in [2.45, 2.75) is 0 Å². The first kappa shape index (κ1) is 14.2. The van der Waals surface area contributed by atoms with Crippen LogP contribution in [0.5, 0.6) is 0 Å². The van der Waals surface area contributed by atoms with E-state index in [-0.39, 0.29) is 27.9 Å². The summed E-state index contributed by atoms with van der Waals surface area (Å²) in [6.45, 7) is 0. The van der Waals surface area contributed by atoms with Crippen molar-refractivity contribution in [2.75, 3.05) is 0 Å². The summed E-state index contributed by atoms with van der Waals surface area (Å²) in [7, 11) is 0. The quantitative estimate of drug-likeness (QED) is 0.659. The number of rotatable bonds is 4. The zero-order valence-corrected chi connectivity index (χ0v) is 10.5. The van der Waals surface area contributed by atoms with Gasteiger partial charge in [0.2, 0.25) is 0 Å². The van der Waals surface area contributed by atoms with E-state index in [2.05, 4.69) is 0 Å². The molecule has 0 aliphatic carbocycles. The molecule has 0 atom stereocenters. The van der Waals surface area contributed by atoms with Crippen molar-refractivity contribution in [3.8, 4) is 11.1 Å². The second kappa shape index (κ2) is 5.41. The van der Waals surface area contributed by atoms with Gasteiger partial charge in [0, 0.05) is 17.7 Å². The van der Waals surface area contributed by atoms with Gasteiger partial charge in [0.15, 0.2) is 0 Å². The number of nitrogens with zero attached hydrogens (tertiary/aromatic N) is 1. The number of nitro groups is 1. The molecule has 0 saturated heterocycles. The Labute approximate surface area is 118 Å². The molecule has 0 aliphatic heterocycles. The number of carboxylic acids is 2. The number of nitro benzene ring substituents is 1. The summed E-state index contributed by atoms with van der Waals surface area (Å²) in [6, 6.07) is 8.96. The zero-order valence-electron chi connectivity index (χ0n) is 10.5. The Morgan fingerprint density at radius 2 is 1.48 bits per heavy atom. The number of carbonyl (C=O) groups is 2. The second-order valence-electron chi connectivity index (χ2n) is 4.14. The largest absolute Gasteiger partial charge is 0.478 e. The molecule has 0 bridgehead atoms. The number of non-ortho nitro benzene ring substituents is 1. The number of hydrogen-bond acceptors (Lipinski definition) is 4. The molecule has 0 fully saturated rings. The summed E-state index contributed by atoms with van der Waals surface area (Å²) in [4.78, 5) is 32.6. The smallest absolute Gasteiger partial charge is 0.336 e. The van der Waals surface area contributed by atoms with Gasteiger partial charge in [-0.2, -0.15) is 0 Å². The third-order valence-electron chi connectivity index (χ3n) is 2.89. The van der Waals surface area contributed by atoms with E-state index in [1.165, 1.54) is 24.3 Å². The van der Waals surface area contributed by atoms with Crippen LogP contribution in [0.25, 0.3) is 11.1 Å². The molecule has 0 heterocycles. The minimum atomic E-state index is -1.29. The van der Waals surface area contributed by atoms with Gasteiger partial charge >= 0.3 is 11.9 Å². The summed E-state index contributed by atoms with van der Waals surface area (Å²) in [5.74, 6) is -2.53. The van der Waals surface area contributed by atoms with Gasteiger partial charge in [0.05, 0.1) is 16.1 Å². The molecule has 106 valence electrons. The van der Waals surface area contributed by atoms with Crippen molar-refractivity contribution in [3.05, 3.63) is 63.7 Å². The van der Waals surface area contributed by atoms with Gasteiger partial charge in [-0.25, -0.2) is 9.59 Å². The van der Waals surface area contributed by atoms with Crippen molar-refractivity contribution in [2.24, 2.45) is 0 Å². The number of benzene rings is 2. The van der Waals surface area contributed by atoms with Gasteiger partial charge in [-0.05, 0) is 17.7 Å². The van der Waals surface area contributed by atoms with Crippen LogP contribution in [0.3, 0.4) is 0 Å². The second-order valence-corrected chi connectivity index (χ2v) is 4.14. The Morgan fingerprint density at radius 1 is 0.905 bits per heavy atom. The van der Waals surface area contributed by atoms with E-state index >= 15 is 0 Å². The van der Waals surface area contributed by atoms with Crippen LogP contribution in [0.15, 0.2) is 42.5 Å². The van der Waals surface area contributed by atoms with Gasteiger partial charge in [-0.15, -0.1) is 0 Å². The number of hydrogen-bond donors (Lipinski definition) is 2. The van der Waals surface area contributed by atoms with Crippen molar-refractivity contribution in [1.82, 2.24) is 0 Å². The van der Waals surface area contributed by atoms with Crippen LogP contribution < -0.4 is 0 Å². The van der Waals surface area contributed by atoms with Crippen LogP contribution in [-0.2, 0) is 0 Å². The summed E-state index contributed by atoms with van der Waals surface area (Å²) >= 11 is 0. The van der Waals surface area contributed by atoms with Crippen molar-refractivity contribution in [1.29, 1.82) is 0 Å². The molecule has 21 heavy (non-hydrogen) atoms. The van der Waals surface area contributed by atoms with Crippen LogP contribution in [0.4, 0.5) is 5.69 Å². The molecule has 7 heteroatoms. The maximum Gasteiger partial charge on any atom is 0.336 e. The summed E-state index contributed by atoms with van der Waals surface area (Å²) in [6.07, 6.45) is 0. The molecule has 0 unspecified atom stereocenters. The van der Waals surface area contributed by atoms with Gasteiger partial charge in [0.1, 0.15) is 0 Å². The van der Waals surface area contributed by atoms with Crippen LogP contribution in [0.1, 0.15) is 20.7 Å². The molecular formula is C14H9NO6. The highest BCUT2D eigenvalue weighted by Gasteiger charge is 2.20. The maximum atomic E-state index is 11.2. The molecule has 0 saturated carbocycles. The molecule has 0 radical (unpaired) electrons. The fraction of sp³-hybridized carbons (Fsp3) is 0. The molecule has 0 spiro atoms. The lowest BCUT2D eigenvalue weighted by Gasteiger charge is -2.09. The molecular weight excluding hydrogens is 278 g/mol. The fourth-order valence-electron chi connectivity index (χ4n) is 1.96. The minimum absolute atomic E-state index is 0.00491. The summed E-state index contributed by atoms with van der Waals surface area (Å²) in [5.41, 5.74) is -0.522. The Balaban J connectivity index is 2.78. The average molecular weight is 287 g/mol. The molecule has 2 N–H and O–H groups in total. The van der Waals surface area contributed by atoms with E-state index in [0.717, 1.165) is 18.2 Å². The highest BCUT2D eigenvalue weighted by Crippen LogP contribution is 2.30. The van der Waals surface area contributed by atoms with Gasteiger partial charge in [0.25, 0.3) is 5.69 Å². The monoisotopic (exact) mass is 287 g/mol. The number of carboxylic acid groups (broad SMARTS) is 2. The predicted molar refractivity (Wildman–Crippen MR) is 72.5 cm³/mol. The summed E-state index contributed by atoms with van der Waals surface area (Å²) in [5, 5.41) is 29.1. The Hall–Kier alpha value is -3.22. The lowest BCUT2D eigenvalue weighted by atomic mass is 9.95. The third kappa shape index (κ3) is 2.71. The Bertz CT molecular complexity index is 753. The van der Waals surface area contributed by atoms with Crippen molar-refractivity contribution < 1.29 is 24.7 Å². The van der Waals surface area contributed by atoms with E-state index < -0.39 is 16.9 Å². The molecule has 0 amide bonds. The zero-order chi connectivity index (χ0) is 15.6. The highest BCUT2D eigenvalue weighted by atomic mass is 16.6. The molecule has 2 aromatic rings. The Kier molecular flexibility index (Phi) is 3.66. The standard InChI is InChI=1S/C14H9NO6/c16-13(17)10-4-2-1-3-9(10)12-7-8(15(20)21)5-6-11(12)14(18)19/h1-7H,(H,16,17)(H,18,19). The van der Waals surface area contributed by atoms with Crippen LogP contribution in [0, 0.1) is 10.1 Å².